The molecule has 16 heavy (non-hydrogen) atoms. The second-order valence-corrected chi connectivity index (χ2v) is 3.27. The number of Topliss-reactive ketones (excluding diaryl/α,β-unsaturated/α-hetero) is 1. The maximum Gasteiger partial charge on any atom is 0.337 e. The Morgan fingerprint density at radius 3 is 2.62 bits per heavy atom. The Kier molecular flexibility index (Phi) is 4.00. The van der Waals surface area contributed by atoms with Gasteiger partial charge in [0.1, 0.15) is 0 Å². The minimum Gasteiger partial charge on any atom is -0.465 e. The van der Waals surface area contributed by atoms with E-state index in [1.807, 2.05) is 0 Å². The largest absolute Gasteiger partial charge is 0.465 e. The van der Waals surface area contributed by atoms with E-state index in [9.17, 15) is 9.59 Å². The zero-order chi connectivity index (χ0) is 12.1. The summed E-state index contributed by atoms with van der Waals surface area (Å²) in [6.07, 6.45) is 1.99. The number of hydrogen-bond acceptors (Lipinski definition) is 3. The van der Waals surface area contributed by atoms with Gasteiger partial charge in [-0.1, -0.05) is 19.6 Å². The number of esters is 1. The van der Waals surface area contributed by atoms with E-state index in [0.717, 1.165) is 0 Å². The van der Waals surface area contributed by atoms with E-state index in [-0.39, 0.29) is 5.78 Å². The molecular weight excluding hydrogens is 204 g/mol. The molecule has 0 fully saturated rings. The van der Waals surface area contributed by atoms with Gasteiger partial charge in [-0.2, -0.15) is 0 Å². The Morgan fingerprint density at radius 2 is 2.12 bits per heavy atom. The van der Waals surface area contributed by atoms with Crippen LogP contribution in [0.25, 0.3) is 6.08 Å². The van der Waals surface area contributed by atoms with Gasteiger partial charge in [-0.3, -0.25) is 4.79 Å². The Balaban J connectivity index is 3.21. The lowest BCUT2D eigenvalue weighted by atomic mass is 9.99. The number of ketones is 1. The first-order valence-corrected chi connectivity index (χ1v) is 5.02. The third kappa shape index (κ3) is 2.37. The zero-order valence-corrected chi connectivity index (χ0v) is 9.45. The van der Waals surface area contributed by atoms with E-state index in [0.29, 0.717) is 23.1 Å². The van der Waals surface area contributed by atoms with E-state index in [1.54, 1.807) is 31.2 Å². The predicted molar refractivity (Wildman–Crippen MR) is 62.5 cm³/mol. The second-order valence-electron chi connectivity index (χ2n) is 3.27. The number of carbonyl (C=O) groups is 2. The molecule has 0 atom stereocenters. The summed E-state index contributed by atoms with van der Waals surface area (Å²) in [5, 5.41) is 0. The number of ether oxygens (including phenoxy) is 1. The lowest BCUT2D eigenvalue weighted by molar-refractivity contribution is 0.0600. The van der Waals surface area contributed by atoms with Gasteiger partial charge in [-0.05, 0) is 23.8 Å². The molecule has 0 heterocycles. The minimum absolute atomic E-state index is 0.0336. The van der Waals surface area contributed by atoms with Gasteiger partial charge in [0.15, 0.2) is 5.78 Å². The molecule has 0 spiro atoms. The molecule has 1 aromatic carbocycles. The van der Waals surface area contributed by atoms with Gasteiger partial charge < -0.3 is 4.74 Å². The molecule has 0 bridgehead atoms. The van der Waals surface area contributed by atoms with E-state index >= 15 is 0 Å². The summed E-state index contributed by atoms with van der Waals surface area (Å²) < 4.78 is 4.60. The second kappa shape index (κ2) is 5.26. The lowest BCUT2D eigenvalue weighted by Gasteiger charge is -2.06. The van der Waals surface area contributed by atoms with E-state index in [4.69, 9.17) is 0 Å². The van der Waals surface area contributed by atoms with Crippen LogP contribution in [0.3, 0.4) is 0 Å². The van der Waals surface area contributed by atoms with Crippen LogP contribution in [-0.4, -0.2) is 18.9 Å². The van der Waals surface area contributed by atoms with Gasteiger partial charge in [-0.15, -0.1) is 0 Å². The van der Waals surface area contributed by atoms with E-state index in [1.165, 1.54) is 7.11 Å². The van der Waals surface area contributed by atoms with E-state index in [2.05, 4.69) is 11.3 Å². The number of carbonyl (C=O) groups excluding carboxylic acids is 2. The molecule has 0 saturated carbocycles. The number of methoxy groups -OCH3 is 1. The summed E-state index contributed by atoms with van der Waals surface area (Å²) in [5.74, 6) is -0.384. The summed E-state index contributed by atoms with van der Waals surface area (Å²) >= 11 is 0. The van der Waals surface area contributed by atoms with Crippen LogP contribution >= 0.6 is 0 Å². The molecule has 0 amide bonds. The third-order valence-electron chi connectivity index (χ3n) is 2.31. The molecule has 0 aliphatic heterocycles. The molecule has 0 aliphatic carbocycles. The summed E-state index contributed by atoms with van der Waals surface area (Å²) in [6, 6.07) is 4.83. The minimum atomic E-state index is -0.418. The van der Waals surface area contributed by atoms with E-state index < -0.39 is 5.97 Å². The van der Waals surface area contributed by atoms with Crippen molar-refractivity contribution in [1.82, 2.24) is 0 Å². The Hall–Kier alpha value is -1.90. The van der Waals surface area contributed by atoms with Crippen molar-refractivity contribution in [1.29, 1.82) is 0 Å². The van der Waals surface area contributed by atoms with Crippen molar-refractivity contribution in [3.05, 3.63) is 41.5 Å². The molecule has 3 nitrogen and oxygen atoms in total. The van der Waals surface area contributed by atoms with Crippen molar-refractivity contribution in [2.75, 3.05) is 7.11 Å². The average Bonchev–Trinajstić information content (AvgIpc) is 2.35. The summed E-state index contributed by atoms with van der Waals surface area (Å²) in [5.41, 5.74) is 1.67. The third-order valence-corrected chi connectivity index (χ3v) is 2.31. The Labute approximate surface area is 94.7 Å². The van der Waals surface area contributed by atoms with Crippen LogP contribution in [-0.2, 0) is 4.74 Å². The molecular formula is C13H14O3. The Morgan fingerprint density at radius 1 is 1.44 bits per heavy atom. The average molecular weight is 218 g/mol. The summed E-state index contributed by atoms with van der Waals surface area (Å²) in [6.45, 7) is 5.43. The molecule has 0 saturated heterocycles. The quantitative estimate of drug-likeness (QED) is 0.576. The molecule has 3 heteroatoms. The van der Waals surface area contributed by atoms with Crippen LogP contribution in [0, 0.1) is 0 Å². The first-order valence-electron chi connectivity index (χ1n) is 5.02. The van der Waals surface area contributed by atoms with Gasteiger partial charge in [0.05, 0.1) is 12.7 Å². The molecule has 1 rings (SSSR count). The Bertz CT molecular complexity index is 433. The lowest BCUT2D eigenvalue weighted by Crippen LogP contribution is -2.05. The molecule has 84 valence electrons. The van der Waals surface area contributed by atoms with Crippen LogP contribution in [0.15, 0.2) is 24.8 Å². The van der Waals surface area contributed by atoms with Crippen molar-refractivity contribution in [3.63, 3.8) is 0 Å². The smallest absolute Gasteiger partial charge is 0.337 e. The van der Waals surface area contributed by atoms with Crippen molar-refractivity contribution < 1.29 is 14.3 Å². The standard InChI is InChI=1S/C13H14O3/c1-4-9-8-10(13(15)16-3)6-7-11(9)12(14)5-2/h4,6-8H,1,5H2,2-3H3. The predicted octanol–water partition coefficient (Wildman–Crippen LogP) is 2.71. The van der Waals surface area contributed by atoms with Gasteiger partial charge in [-0.25, -0.2) is 4.79 Å². The zero-order valence-electron chi connectivity index (χ0n) is 9.45. The summed E-state index contributed by atoms with van der Waals surface area (Å²) in [4.78, 5) is 22.9. The molecule has 0 aromatic heterocycles. The first kappa shape index (κ1) is 12.2. The fourth-order valence-electron chi connectivity index (χ4n) is 1.42. The van der Waals surface area contributed by atoms with Crippen molar-refractivity contribution in [2.24, 2.45) is 0 Å². The topological polar surface area (TPSA) is 43.4 Å². The highest BCUT2D eigenvalue weighted by atomic mass is 16.5. The SMILES string of the molecule is C=Cc1cc(C(=O)OC)ccc1C(=O)CC. The van der Waals surface area contributed by atoms with Crippen LogP contribution in [0.2, 0.25) is 0 Å². The normalized spacial score (nSPS) is 9.62. The molecule has 0 unspecified atom stereocenters. The highest BCUT2D eigenvalue weighted by Crippen LogP contribution is 2.16. The monoisotopic (exact) mass is 218 g/mol. The summed E-state index contributed by atoms with van der Waals surface area (Å²) in [7, 11) is 1.32. The number of benzene rings is 1. The van der Waals surface area contributed by atoms with Gasteiger partial charge >= 0.3 is 5.97 Å². The number of hydrogen-bond donors (Lipinski definition) is 0. The van der Waals surface area contributed by atoms with Crippen LogP contribution in [0.5, 0.6) is 0 Å². The maximum absolute atomic E-state index is 11.6. The maximum atomic E-state index is 11.6. The fourth-order valence-corrected chi connectivity index (χ4v) is 1.42. The van der Waals surface area contributed by atoms with Gasteiger partial charge in [0.25, 0.3) is 0 Å². The molecule has 0 N–H and O–H groups in total. The fraction of sp³-hybridized carbons (Fsp3) is 0.231. The van der Waals surface area contributed by atoms with Gasteiger partial charge in [0, 0.05) is 12.0 Å². The van der Waals surface area contributed by atoms with Crippen LogP contribution < -0.4 is 0 Å². The van der Waals surface area contributed by atoms with Crippen molar-refractivity contribution in [3.8, 4) is 0 Å². The molecule has 1 aromatic rings. The van der Waals surface area contributed by atoms with Crippen molar-refractivity contribution in [2.45, 2.75) is 13.3 Å². The van der Waals surface area contributed by atoms with Crippen LogP contribution in [0.1, 0.15) is 39.6 Å². The molecule has 0 aliphatic rings. The van der Waals surface area contributed by atoms with Crippen molar-refractivity contribution >= 4 is 17.8 Å². The van der Waals surface area contributed by atoms with Gasteiger partial charge in [0.2, 0.25) is 0 Å². The first-order chi connectivity index (χ1) is 7.63. The molecule has 0 radical (unpaired) electrons. The number of rotatable bonds is 4. The van der Waals surface area contributed by atoms with Crippen LogP contribution in [0.4, 0.5) is 0 Å². The highest BCUT2D eigenvalue weighted by molar-refractivity contribution is 6.00. The highest BCUT2D eigenvalue weighted by Gasteiger charge is 2.11.